The fourth-order valence-corrected chi connectivity index (χ4v) is 10.6. The molecule has 0 saturated carbocycles. The van der Waals surface area contributed by atoms with Crippen LogP contribution in [0.3, 0.4) is 0 Å². The highest BCUT2D eigenvalue weighted by atomic mass is 28.4. The van der Waals surface area contributed by atoms with Crippen molar-refractivity contribution in [1.29, 1.82) is 0 Å². The van der Waals surface area contributed by atoms with Crippen molar-refractivity contribution in [3.8, 4) is 0 Å². The number of benzene rings is 2. The molecule has 6 heteroatoms. The van der Waals surface area contributed by atoms with Crippen LogP contribution in [0.15, 0.2) is 60.7 Å². The van der Waals surface area contributed by atoms with Gasteiger partial charge >= 0.3 is 11.9 Å². The number of hydrogen-bond donors (Lipinski definition) is 2. The van der Waals surface area contributed by atoms with Crippen LogP contribution < -0.4 is 10.4 Å². The number of carbonyl (C=O) groups is 2. The first kappa shape index (κ1) is 34.8. The van der Waals surface area contributed by atoms with Gasteiger partial charge in [0.2, 0.25) is 0 Å². The topological polar surface area (TPSA) is 83.8 Å². The lowest BCUT2D eigenvalue weighted by atomic mass is 9.99. The molecule has 0 spiro atoms. The SMILES string of the molecule is CC(CCCCCCC(CCCCCCC(C)C(=O)O)O[Si](c1ccccc1)(c1ccccc1)C(C)(C)C)C(=O)O. The zero-order valence-corrected chi connectivity index (χ0v) is 27.1. The maximum Gasteiger partial charge on any atom is 0.306 e. The molecule has 0 heterocycles. The van der Waals surface area contributed by atoms with Crippen LogP contribution >= 0.6 is 0 Å². The Balaban J connectivity index is 2.18. The average molecular weight is 583 g/mol. The van der Waals surface area contributed by atoms with Gasteiger partial charge in [0, 0.05) is 6.10 Å². The summed E-state index contributed by atoms with van der Waals surface area (Å²) in [6, 6.07) is 21.6. The highest BCUT2D eigenvalue weighted by Crippen LogP contribution is 2.38. The summed E-state index contributed by atoms with van der Waals surface area (Å²) in [4.78, 5) is 22.3. The van der Waals surface area contributed by atoms with Crippen LogP contribution in [-0.4, -0.2) is 36.6 Å². The largest absolute Gasteiger partial charge is 0.481 e. The van der Waals surface area contributed by atoms with Crippen LogP contribution in [0.4, 0.5) is 0 Å². The Bertz CT molecular complexity index is 946. The number of carboxylic acids is 2. The summed E-state index contributed by atoms with van der Waals surface area (Å²) in [5.74, 6) is -1.97. The molecular formula is C35H54O5Si. The van der Waals surface area contributed by atoms with Gasteiger partial charge in [-0.1, -0.05) is 147 Å². The minimum Gasteiger partial charge on any atom is -0.481 e. The summed E-state index contributed by atoms with van der Waals surface area (Å²) >= 11 is 0. The molecule has 0 fully saturated rings. The van der Waals surface area contributed by atoms with Crippen molar-refractivity contribution in [2.24, 2.45) is 11.8 Å². The molecule has 0 aliphatic carbocycles. The van der Waals surface area contributed by atoms with E-state index >= 15 is 0 Å². The Kier molecular flexibility index (Phi) is 14.8. The lowest BCUT2D eigenvalue weighted by Gasteiger charge is -2.45. The van der Waals surface area contributed by atoms with Gasteiger partial charge in [-0.05, 0) is 41.1 Å². The van der Waals surface area contributed by atoms with E-state index in [0.29, 0.717) is 0 Å². The van der Waals surface area contributed by atoms with Crippen molar-refractivity contribution in [3.05, 3.63) is 60.7 Å². The molecule has 2 aromatic carbocycles. The Morgan fingerprint density at radius 2 is 0.976 bits per heavy atom. The van der Waals surface area contributed by atoms with E-state index in [1.54, 1.807) is 13.8 Å². The van der Waals surface area contributed by atoms with Crippen molar-refractivity contribution in [1.82, 2.24) is 0 Å². The van der Waals surface area contributed by atoms with Gasteiger partial charge in [-0.3, -0.25) is 9.59 Å². The zero-order valence-electron chi connectivity index (χ0n) is 26.1. The lowest BCUT2D eigenvalue weighted by molar-refractivity contribution is -0.142. The van der Waals surface area contributed by atoms with E-state index in [2.05, 4.69) is 81.4 Å². The maximum atomic E-state index is 11.1. The van der Waals surface area contributed by atoms with Crippen molar-refractivity contribution < 1.29 is 24.2 Å². The van der Waals surface area contributed by atoms with Gasteiger partial charge in [0.25, 0.3) is 8.32 Å². The zero-order chi connectivity index (χ0) is 30.3. The summed E-state index contributed by atoms with van der Waals surface area (Å²) in [5, 5.41) is 20.9. The number of carboxylic acid groups (broad SMARTS) is 2. The minimum atomic E-state index is -2.65. The molecule has 228 valence electrons. The Morgan fingerprint density at radius 3 is 1.29 bits per heavy atom. The molecule has 2 aromatic rings. The Morgan fingerprint density at radius 1 is 0.634 bits per heavy atom. The monoisotopic (exact) mass is 582 g/mol. The van der Waals surface area contributed by atoms with Crippen molar-refractivity contribution in [2.75, 3.05) is 0 Å². The number of rotatable bonds is 20. The van der Waals surface area contributed by atoms with E-state index in [0.717, 1.165) is 77.0 Å². The van der Waals surface area contributed by atoms with Crippen molar-refractivity contribution >= 4 is 30.6 Å². The predicted octanol–water partition coefficient (Wildman–Crippen LogP) is 8.05. The normalized spacial score (nSPS) is 14.4. The van der Waals surface area contributed by atoms with E-state index in [4.69, 9.17) is 14.6 Å². The first-order valence-corrected chi connectivity index (χ1v) is 17.6. The van der Waals surface area contributed by atoms with E-state index in [1.807, 2.05) is 0 Å². The molecular weight excluding hydrogens is 528 g/mol. The molecule has 2 atom stereocenters. The summed E-state index contributed by atoms with van der Waals surface area (Å²) < 4.78 is 7.51. The molecule has 0 aliphatic rings. The number of unbranched alkanes of at least 4 members (excludes halogenated alkanes) is 6. The summed E-state index contributed by atoms with van der Waals surface area (Å²) in [7, 11) is -2.65. The molecule has 5 nitrogen and oxygen atoms in total. The molecule has 2 rings (SSSR count). The first-order chi connectivity index (χ1) is 19.5. The smallest absolute Gasteiger partial charge is 0.306 e. The quantitative estimate of drug-likeness (QED) is 0.122. The van der Waals surface area contributed by atoms with Gasteiger partial charge in [-0.25, -0.2) is 0 Å². The molecule has 0 bridgehead atoms. The summed E-state index contributed by atoms with van der Waals surface area (Å²) in [5.41, 5.74) is 0. The molecule has 2 N–H and O–H groups in total. The standard InChI is InChI=1S/C35H54O5Si/c1-28(33(36)37)20-12-6-8-14-22-30(23-15-9-7-13-21-29(2)34(38)39)40-41(35(3,4)5,31-24-16-10-17-25-31)32-26-18-11-19-27-32/h10-11,16-19,24-30H,6-9,12-15,20-23H2,1-5H3,(H,36,37)(H,38,39). The van der Waals surface area contributed by atoms with E-state index in [9.17, 15) is 9.59 Å². The van der Waals surface area contributed by atoms with Crippen LogP contribution in [0, 0.1) is 11.8 Å². The van der Waals surface area contributed by atoms with Crippen LogP contribution in [0.2, 0.25) is 5.04 Å². The fourth-order valence-electron chi connectivity index (χ4n) is 5.80. The predicted molar refractivity (Wildman–Crippen MR) is 171 cm³/mol. The van der Waals surface area contributed by atoms with Gasteiger partial charge in [-0.2, -0.15) is 0 Å². The van der Waals surface area contributed by atoms with Gasteiger partial charge in [-0.15, -0.1) is 0 Å². The minimum absolute atomic E-state index is 0.0755. The third-order valence-electron chi connectivity index (χ3n) is 8.43. The van der Waals surface area contributed by atoms with Gasteiger partial charge < -0.3 is 14.6 Å². The fraction of sp³-hybridized carbons (Fsp3) is 0.600. The molecule has 0 aromatic heterocycles. The Hall–Kier alpha value is -2.44. The van der Waals surface area contributed by atoms with Crippen molar-refractivity contribution in [3.63, 3.8) is 0 Å². The molecule has 0 amide bonds. The average Bonchev–Trinajstić information content (AvgIpc) is 2.94. The first-order valence-electron chi connectivity index (χ1n) is 15.7. The summed E-state index contributed by atoms with van der Waals surface area (Å²) in [6.45, 7) is 10.5. The van der Waals surface area contributed by atoms with E-state index < -0.39 is 20.3 Å². The second-order valence-corrected chi connectivity index (χ2v) is 17.1. The van der Waals surface area contributed by atoms with Crippen LogP contribution in [0.25, 0.3) is 0 Å². The molecule has 0 aliphatic heterocycles. The van der Waals surface area contributed by atoms with Crippen molar-refractivity contribution in [2.45, 2.75) is 123 Å². The van der Waals surface area contributed by atoms with Gasteiger partial charge in [0.1, 0.15) is 0 Å². The highest BCUT2D eigenvalue weighted by molar-refractivity contribution is 6.99. The van der Waals surface area contributed by atoms with Gasteiger partial charge in [0.05, 0.1) is 11.8 Å². The highest BCUT2D eigenvalue weighted by Gasteiger charge is 2.51. The van der Waals surface area contributed by atoms with E-state index in [-0.39, 0.29) is 23.0 Å². The maximum absolute atomic E-state index is 11.1. The number of aliphatic carboxylic acids is 2. The number of hydrogen-bond acceptors (Lipinski definition) is 3. The molecule has 0 radical (unpaired) electrons. The third kappa shape index (κ3) is 11.0. The van der Waals surface area contributed by atoms with Crippen LogP contribution in [0.5, 0.6) is 0 Å². The van der Waals surface area contributed by atoms with Crippen LogP contribution in [0.1, 0.15) is 112 Å². The molecule has 2 unspecified atom stereocenters. The van der Waals surface area contributed by atoms with Gasteiger partial charge in [0.15, 0.2) is 0 Å². The second kappa shape index (κ2) is 17.5. The third-order valence-corrected chi connectivity index (χ3v) is 13.5. The lowest BCUT2D eigenvalue weighted by Crippen LogP contribution is -2.67. The van der Waals surface area contributed by atoms with E-state index in [1.165, 1.54) is 10.4 Å². The molecule has 0 saturated heterocycles. The second-order valence-electron chi connectivity index (χ2n) is 12.9. The summed E-state index contributed by atoms with van der Waals surface area (Å²) in [6.07, 6.45) is 11.9. The Labute approximate surface area is 249 Å². The molecule has 41 heavy (non-hydrogen) atoms. The van der Waals surface area contributed by atoms with Crippen LogP contribution in [-0.2, 0) is 14.0 Å².